The minimum Gasteiger partial charge on any atom is -0.375 e. The number of likely N-dealkylation sites (tertiary alicyclic amines) is 1. The Morgan fingerprint density at radius 3 is 2.41 bits per heavy atom. The summed E-state index contributed by atoms with van der Waals surface area (Å²) in [7, 11) is 0. The van der Waals surface area contributed by atoms with Gasteiger partial charge in [-0.15, -0.1) is 0 Å². The van der Waals surface area contributed by atoms with Crippen molar-refractivity contribution in [2.45, 2.75) is 32.4 Å². The van der Waals surface area contributed by atoms with E-state index >= 15 is 0 Å². The summed E-state index contributed by atoms with van der Waals surface area (Å²) in [6.07, 6.45) is 0. The summed E-state index contributed by atoms with van der Waals surface area (Å²) in [5.74, 6) is 0. The molecule has 100 valence electrons. The Kier molecular flexibility index (Phi) is 4.42. The Morgan fingerprint density at radius 2 is 1.82 bits per heavy atom. The van der Waals surface area contributed by atoms with Gasteiger partial charge in [-0.05, 0) is 20.8 Å². The van der Waals surface area contributed by atoms with Gasteiger partial charge in [0.1, 0.15) is 0 Å². The van der Waals surface area contributed by atoms with Gasteiger partial charge in [0, 0.05) is 51.9 Å². The molecule has 0 unspecified atom stereocenters. The Morgan fingerprint density at radius 1 is 1.18 bits per heavy atom. The van der Waals surface area contributed by atoms with Gasteiger partial charge >= 0.3 is 0 Å². The fourth-order valence-corrected chi connectivity index (χ4v) is 2.48. The van der Waals surface area contributed by atoms with E-state index < -0.39 is 0 Å². The van der Waals surface area contributed by atoms with E-state index in [1.807, 2.05) is 0 Å². The summed E-state index contributed by atoms with van der Waals surface area (Å²) in [6.45, 7) is 15.5. The molecule has 0 spiro atoms. The SMILES string of the molecule is CC(C)(C)OCCN1CC(N2CCNCC2)C1. The zero-order valence-corrected chi connectivity index (χ0v) is 11.5. The van der Waals surface area contributed by atoms with E-state index in [0.717, 1.165) is 32.3 Å². The molecule has 2 saturated heterocycles. The summed E-state index contributed by atoms with van der Waals surface area (Å²) >= 11 is 0. The average Bonchev–Trinajstić information content (AvgIpc) is 2.21. The molecule has 0 aromatic heterocycles. The molecular formula is C13H27N3O. The number of nitrogens with one attached hydrogen (secondary N) is 1. The third kappa shape index (κ3) is 4.21. The van der Waals surface area contributed by atoms with Crippen molar-refractivity contribution < 1.29 is 4.74 Å². The van der Waals surface area contributed by atoms with Crippen LogP contribution in [0.4, 0.5) is 0 Å². The summed E-state index contributed by atoms with van der Waals surface area (Å²) < 4.78 is 5.75. The normalized spacial score (nSPS) is 24.9. The molecule has 0 aliphatic carbocycles. The Labute approximate surface area is 105 Å². The van der Waals surface area contributed by atoms with E-state index in [1.165, 1.54) is 26.2 Å². The third-order valence-corrected chi connectivity index (χ3v) is 3.55. The van der Waals surface area contributed by atoms with Gasteiger partial charge in [0.25, 0.3) is 0 Å². The van der Waals surface area contributed by atoms with Crippen molar-refractivity contribution >= 4 is 0 Å². The molecule has 0 radical (unpaired) electrons. The summed E-state index contributed by atoms with van der Waals surface area (Å²) in [4.78, 5) is 5.12. The molecule has 2 rings (SSSR count). The van der Waals surface area contributed by atoms with Gasteiger partial charge in [0.15, 0.2) is 0 Å². The third-order valence-electron chi connectivity index (χ3n) is 3.55. The smallest absolute Gasteiger partial charge is 0.0600 e. The molecule has 2 heterocycles. The molecule has 1 N–H and O–H groups in total. The molecule has 0 aromatic carbocycles. The van der Waals surface area contributed by atoms with E-state index in [4.69, 9.17) is 4.74 Å². The van der Waals surface area contributed by atoms with Crippen LogP contribution in [0.2, 0.25) is 0 Å². The highest BCUT2D eigenvalue weighted by Crippen LogP contribution is 2.15. The van der Waals surface area contributed by atoms with Crippen molar-refractivity contribution in [1.29, 1.82) is 0 Å². The van der Waals surface area contributed by atoms with Crippen LogP contribution in [0.5, 0.6) is 0 Å². The first-order chi connectivity index (χ1) is 8.04. The zero-order valence-electron chi connectivity index (χ0n) is 11.5. The molecule has 4 nitrogen and oxygen atoms in total. The van der Waals surface area contributed by atoms with Crippen LogP contribution in [0.1, 0.15) is 20.8 Å². The van der Waals surface area contributed by atoms with Gasteiger partial charge in [-0.3, -0.25) is 9.80 Å². The molecule has 0 atom stereocenters. The second-order valence-corrected chi connectivity index (χ2v) is 6.16. The molecule has 17 heavy (non-hydrogen) atoms. The van der Waals surface area contributed by atoms with Crippen LogP contribution < -0.4 is 5.32 Å². The van der Waals surface area contributed by atoms with Gasteiger partial charge in [0.05, 0.1) is 12.2 Å². The second kappa shape index (κ2) is 5.65. The summed E-state index contributed by atoms with van der Waals surface area (Å²) in [5.41, 5.74) is 0.00279. The quantitative estimate of drug-likeness (QED) is 0.771. The standard InChI is InChI=1S/C13H27N3O/c1-13(2,3)17-9-8-15-10-12(11-15)16-6-4-14-5-7-16/h12,14H,4-11H2,1-3H3. The highest BCUT2D eigenvalue weighted by Gasteiger charge is 2.31. The van der Waals surface area contributed by atoms with Crippen molar-refractivity contribution in [2.75, 3.05) is 52.4 Å². The molecule has 0 aromatic rings. The first kappa shape index (κ1) is 13.3. The maximum Gasteiger partial charge on any atom is 0.0600 e. The molecule has 0 bridgehead atoms. The van der Waals surface area contributed by atoms with Crippen LogP contribution in [0, 0.1) is 0 Å². The number of hydrogen-bond acceptors (Lipinski definition) is 4. The highest BCUT2D eigenvalue weighted by molar-refractivity contribution is 4.89. The van der Waals surface area contributed by atoms with Crippen LogP contribution in [-0.2, 0) is 4.74 Å². The minimum absolute atomic E-state index is 0.00279. The zero-order chi connectivity index (χ0) is 12.3. The lowest BCUT2D eigenvalue weighted by molar-refractivity contribution is -0.0373. The Hall–Kier alpha value is -0.160. The van der Waals surface area contributed by atoms with Crippen LogP contribution in [-0.4, -0.2) is 73.9 Å². The van der Waals surface area contributed by atoms with Crippen LogP contribution in [0.25, 0.3) is 0 Å². The van der Waals surface area contributed by atoms with Crippen LogP contribution in [0.15, 0.2) is 0 Å². The van der Waals surface area contributed by atoms with Gasteiger partial charge in [-0.2, -0.15) is 0 Å². The van der Waals surface area contributed by atoms with E-state index in [2.05, 4.69) is 35.9 Å². The Bertz CT molecular complexity index is 227. The van der Waals surface area contributed by atoms with E-state index in [0.29, 0.717) is 0 Å². The van der Waals surface area contributed by atoms with Gasteiger partial charge in [0.2, 0.25) is 0 Å². The van der Waals surface area contributed by atoms with Crippen molar-refractivity contribution in [3.63, 3.8) is 0 Å². The molecule has 2 aliphatic rings. The molecule has 2 fully saturated rings. The molecule has 0 saturated carbocycles. The van der Waals surface area contributed by atoms with Gasteiger partial charge in [-0.1, -0.05) is 0 Å². The lowest BCUT2D eigenvalue weighted by Gasteiger charge is -2.47. The van der Waals surface area contributed by atoms with Crippen molar-refractivity contribution in [1.82, 2.24) is 15.1 Å². The fraction of sp³-hybridized carbons (Fsp3) is 1.00. The second-order valence-electron chi connectivity index (χ2n) is 6.16. The van der Waals surface area contributed by atoms with Crippen molar-refractivity contribution in [3.05, 3.63) is 0 Å². The van der Waals surface area contributed by atoms with E-state index in [-0.39, 0.29) is 5.60 Å². The highest BCUT2D eigenvalue weighted by atomic mass is 16.5. The summed E-state index contributed by atoms with van der Waals surface area (Å²) in [6, 6.07) is 0.798. The first-order valence-electron chi connectivity index (χ1n) is 6.86. The predicted octanol–water partition coefficient (Wildman–Crippen LogP) is 0.391. The minimum atomic E-state index is 0.00279. The number of ether oxygens (including phenoxy) is 1. The maximum absolute atomic E-state index is 5.75. The molecule has 0 amide bonds. The van der Waals surface area contributed by atoms with Gasteiger partial charge < -0.3 is 10.1 Å². The predicted molar refractivity (Wildman–Crippen MR) is 70.4 cm³/mol. The van der Waals surface area contributed by atoms with E-state index in [9.17, 15) is 0 Å². The Balaban J connectivity index is 1.56. The topological polar surface area (TPSA) is 27.7 Å². The van der Waals surface area contributed by atoms with Gasteiger partial charge in [-0.25, -0.2) is 0 Å². The fourth-order valence-electron chi connectivity index (χ4n) is 2.48. The van der Waals surface area contributed by atoms with Crippen molar-refractivity contribution in [3.8, 4) is 0 Å². The average molecular weight is 241 g/mol. The summed E-state index contributed by atoms with van der Waals surface area (Å²) in [5, 5.41) is 3.40. The molecule has 2 aliphatic heterocycles. The first-order valence-corrected chi connectivity index (χ1v) is 6.86. The monoisotopic (exact) mass is 241 g/mol. The number of hydrogen-bond donors (Lipinski definition) is 1. The number of nitrogens with zero attached hydrogens (tertiary/aromatic N) is 2. The molecular weight excluding hydrogens is 214 g/mol. The largest absolute Gasteiger partial charge is 0.375 e. The van der Waals surface area contributed by atoms with E-state index in [1.54, 1.807) is 0 Å². The number of piperazine rings is 1. The molecule has 4 heteroatoms. The maximum atomic E-state index is 5.75. The van der Waals surface area contributed by atoms with Crippen LogP contribution >= 0.6 is 0 Å². The lowest BCUT2D eigenvalue weighted by Crippen LogP contribution is -2.63. The van der Waals surface area contributed by atoms with Crippen LogP contribution in [0.3, 0.4) is 0 Å². The number of rotatable bonds is 4. The lowest BCUT2D eigenvalue weighted by atomic mass is 10.1. The van der Waals surface area contributed by atoms with Crippen molar-refractivity contribution in [2.24, 2.45) is 0 Å².